The number of aliphatic hydroxyl groups is 1. The normalized spacial score (nSPS) is 17.9. The Balaban J connectivity index is 0.000000497. The number of alkyl carbamates (subject to hydrolysis) is 2. The summed E-state index contributed by atoms with van der Waals surface area (Å²) in [6, 6.07) is 0.893. The molecule has 2 aromatic heterocycles. The fourth-order valence-electron chi connectivity index (χ4n) is 7.48. The molecule has 87 heavy (non-hydrogen) atoms. The quantitative estimate of drug-likeness (QED) is 0.0363. The van der Waals surface area contributed by atoms with Crippen LogP contribution in [0.15, 0.2) is 67.3 Å². The van der Waals surface area contributed by atoms with Gasteiger partial charge >= 0.3 is 36.1 Å². The number of thiazole rings is 2. The first-order chi connectivity index (χ1) is 40.5. The Hall–Kier alpha value is -5.27. The van der Waals surface area contributed by atoms with Gasteiger partial charge < -0.3 is 44.5 Å². The van der Waals surface area contributed by atoms with Gasteiger partial charge in [-0.3, -0.25) is 4.79 Å². The van der Waals surface area contributed by atoms with Crippen LogP contribution in [-0.2, 0) is 68.5 Å². The number of halogens is 6. The van der Waals surface area contributed by atoms with Crippen LogP contribution in [0.4, 0.5) is 9.59 Å². The number of hydrogen-bond acceptors (Lipinski definition) is 17. The Morgan fingerprint density at radius 3 is 2.17 bits per heavy atom. The Labute approximate surface area is 554 Å². The van der Waals surface area contributed by atoms with Crippen molar-refractivity contribution < 1.29 is 67.5 Å². The molecule has 2 amide bonds. The number of aryl methyl sites for hydroxylation is 2. The Kier molecular flexibility index (Phi) is 34.9. The minimum atomic E-state index is -1.13. The summed E-state index contributed by atoms with van der Waals surface area (Å²) in [4.78, 5) is 93.3. The zero-order valence-corrected chi connectivity index (χ0v) is 58.3. The number of carboxylic acids is 1. The van der Waals surface area contributed by atoms with E-state index in [1.807, 2.05) is 44.5 Å². The van der Waals surface area contributed by atoms with Crippen LogP contribution in [0.1, 0.15) is 153 Å². The highest BCUT2D eigenvalue weighted by molar-refractivity contribution is 9.12. The minimum Gasteiger partial charge on any atom is -0.480 e. The van der Waals surface area contributed by atoms with E-state index in [0.717, 1.165) is 41.5 Å². The molecule has 2 bridgehead atoms. The summed E-state index contributed by atoms with van der Waals surface area (Å²) >= 11 is 31.8. The van der Waals surface area contributed by atoms with Crippen LogP contribution in [0.5, 0.6) is 0 Å². The maximum Gasteiger partial charge on any atom is 0.408 e. The summed E-state index contributed by atoms with van der Waals surface area (Å²) in [6.07, 6.45) is 7.76. The van der Waals surface area contributed by atoms with Crippen molar-refractivity contribution in [2.24, 2.45) is 0 Å². The van der Waals surface area contributed by atoms with Gasteiger partial charge in [0.15, 0.2) is 0 Å². The largest absolute Gasteiger partial charge is 0.480 e. The second-order valence-electron chi connectivity index (χ2n) is 21.8. The van der Waals surface area contributed by atoms with E-state index in [1.165, 1.54) is 34.8 Å². The molecule has 0 unspecified atom stereocenters. The number of aromatic nitrogens is 2. The SMILES string of the molecule is C/C(Br)=C\[C@@H]1Cc2nc(cs2)CCC[C@@H](NC(=O)OC(C)(C)C)C(=O)O[C@@H](C)C/C(C)=C/C#CC(=O)O1.C/C(Br)=C\[C@H](Cc1nc(CCC[C@@H](NC(=O)OC(C)(C)C)C(=O)O)cs1)OC(=O)C#C/C=C(\C)C[C@H](C)O.O=C(Cl)c1c(Cl)cc(Cl)cc1Cl. The Morgan fingerprint density at radius 1 is 0.943 bits per heavy atom. The fraction of sp³-hybridized carbons (Fsp3) is 0.492. The number of fused-ring (bicyclic) bond motifs is 2. The highest BCUT2D eigenvalue weighted by atomic mass is 79.9. The number of aliphatic carboxylic acids is 1. The zero-order valence-electron chi connectivity index (χ0n) is 50.4. The van der Waals surface area contributed by atoms with E-state index in [-0.39, 0.29) is 22.0 Å². The highest BCUT2D eigenvalue weighted by Crippen LogP contribution is 2.30. The number of cyclic esters (lactones) is 2. The average molecular weight is 1450 g/mol. The molecule has 0 spiro atoms. The maximum absolute atomic E-state index is 12.9. The number of carbonyl (C=O) groups is 7. The van der Waals surface area contributed by atoms with Gasteiger partial charge in [0.05, 0.1) is 43.1 Å². The highest BCUT2D eigenvalue weighted by Gasteiger charge is 2.28. The Bertz CT molecular complexity index is 3090. The lowest BCUT2D eigenvalue weighted by molar-refractivity contribution is -0.151. The van der Waals surface area contributed by atoms with E-state index in [4.69, 9.17) is 70.1 Å². The van der Waals surface area contributed by atoms with Crippen LogP contribution in [0, 0.1) is 23.7 Å². The number of nitrogens with zero attached hydrogens (tertiary/aromatic N) is 2. The van der Waals surface area contributed by atoms with E-state index in [1.54, 1.807) is 73.6 Å². The van der Waals surface area contributed by atoms with Crippen molar-refractivity contribution in [3.05, 3.63) is 109 Å². The topological polar surface area (TPSA) is 256 Å². The molecule has 6 atom stereocenters. The molecule has 1 aromatic carbocycles. The lowest BCUT2D eigenvalue weighted by atomic mass is 10.1. The van der Waals surface area contributed by atoms with Gasteiger partial charge in [-0.15, -0.1) is 22.7 Å². The molecule has 0 fully saturated rings. The van der Waals surface area contributed by atoms with Gasteiger partial charge in [0.2, 0.25) is 0 Å². The van der Waals surface area contributed by atoms with Crippen molar-refractivity contribution in [1.29, 1.82) is 0 Å². The van der Waals surface area contributed by atoms with Crippen LogP contribution >= 0.6 is 101 Å². The third-order valence-electron chi connectivity index (χ3n) is 10.8. The number of rotatable bonds is 15. The molecule has 1 aliphatic heterocycles. The van der Waals surface area contributed by atoms with Crippen molar-refractivity contribution in [3.63, 3.8) is 0 Å². The molecule has 3 heterocycles. The lowest BCUT2D eigenvalue weighted by Crippen LogP contribution is -2.45. The number of benzene rings is 1. The molecule has 4 rings (SSSR count). The molecule has 3 aromatic rings. The number of hydrogen-bond donors (Lipinski definition) is 4. The first-order valence-electron chi connectivity index (χ1n) is 27.2. The van der Waals surface area contributed by atoms with E-state index >= 15 is 0 Å². The van der Waals surface area contributed by atoms with Crippen LogP contribution in [0.2, 0.25) is 15.1 Å². The first-order valence-corrected chi connectivity index (χ1v) is 32.1. The molecule has 0 saturated heterocycles. The smallest absolute Gasteiger partial charge is 0.408 e. The number of amides is 2. The molecule has 1 aliphatic rings. The third-order valence-corrected chi connectivity index (χ3v) is 14.2. The summed E-state index contributed by atoms with van der Waals surface area (Å²) in [7, 11) is 0. The first kappa shape index (κ1) is 77.8. The van der Waals surface area contributed by atoms with Crippen LogP contribution in [-0.4, -0.2) is 109 Å². The number of carbonyl (C=O) groups excluding carboxylic acids is 6. The molecule has 4 N–H and O–H groups in total. The van der Waals surface area contributed by atoms with Gasteiger partial charge in [-0.05, 0) is 185 Å². The van der Waals surface area contributed by atoms with Crippen molar-refractivity contribution in [2.75, 3.05) is 0 Å². The fourth-order valence-corrected chi connectivity index (χ4v) is 11.1. The summed E-state index contributed by atoms with van der Waals surface area (Å²) < 4.78 is 28.8. The zero-order chi connectivity index (χ0) is 65.8. The van der Waals surface area contributed by atoms with E-state index in [0.29, 0.717) is 62.8 Å². The molecule has 476 valence electrons. The van der Waals surface area contributed by atoms with Crippen LogP contribution in [0.25, 0.3) is 0 Å². The molecule has 0 saturated carbocycles. The second-order valence-corrected chi connectivity index (χ2v) is 27.8. The predicted molar refractivity (Wildman–Crippen MR) is 348 cm³/mol. The number of carboxylic acid groups (broad SMARTS) is 1. The van der Waals surface area contributed by atoms with Crippen LogP contribution in [0.3, 0.4) is 0 Å². The van der Waals surface area contributed by atoms with E-state index < -0.39 is 89.0 Å². The number of ether oxygens (including phenoxy) is 5. The van der Waals surface area contributed by atoms with Crippen molar-refractivity contribution in [2.45, 2.75) is 195 Å². The second kappa shape index (κ2) is 39.0. The number of aliphatic hydroxyl groups excluding tert-OH is 1. The molecule has 0 radical (unpaired) electrons. The average Bonchev–Trinajstić information content (AvgIpc) is 4.24. The predicted octanol–water partition coefficient (Wildman–Crippen LogP) is 14.3. The van der Waals surface area contributed by atoms with Crippen molar-refractivity contribution in [3.8, 4) is 23.7 Å². The van der Waals surface area contributed by atoms with E-state index in [2.05, 4.69) is 76.1 Å². The summed E-state index contributed by atoms with van der Waals surface area (Å²) in [5.41, 5.74) is 2.01. The number of allylic oxidation sites excluding steroid dienone is 4. The van der Waals surface area contributed by atoms with Gasteiger partial charge in [0.25, 0.3) is 5.24 Å². The van der Waals surface area contributed by atoms with Gasteiger partial charge in [-0.1, -0.05) is 89.6 Å². The van der Waals surface area contributed by atoms with E-state index in [9.17, 15) is 43.8 Å². The molecule has 18 nitrogen and oxygen atoms in total. The maximum atomic E-state index is 12.9. The summed E-state index contributed by atoms with van der Waals surface area (Å²) in [5.74, 6) is 7.33. The summed E-state index contributed by atoms with van der Waals surface area (Å²) in [6.45, 7) is 21.2. The Morgan fingerprint density at radius 2 is 1.59 bits per heavy atom. The molecular formula is C61H74Br2Cl4N4O14S2. The summed E-state index contributed by atoms with van der Waals surface area (Å²) in [5, 5.41) is 29.3. The van der Waals surface area contributed by atoms with Gasteiger partial charge in [0.1, 0.15) is 41.6 Å². The monoisotopic (exact) mass is 1450 g/mol. The number of nitrogens with one attached hydrogen (secondary N) is 2. The minimum absolute atomic E-state index is 0.0874. The molecule has 0 aliphatic carbocycles. The van der Waals surface area contributed by atoms with Crippen molar-refractivity contribution in [1.82, 2.24) is 20.6 Å². The number of esters is 3. The van der Waals surface area contributed by atoms with Gasteiger partial charge in [-0.2, -0.15) is 0 Å². The van der Waals surface area contributed by atoms with Gasteiger partial charge in [-0.25, -0.2) is 38.7 Å². The lowest BCUT2D eigenvalue weighted by Gasteiger charge is -2.24. The third kappa shape index (κ3) is 35.5. The van der Waals surface area contributed by atoms with Crippen molar-refractivity contribution >= 4 is 142 Å². The van der Waals surface area contributed by atoms with Gasteiger partial charge in [0, 0.05) is 46.9 Å². The molecule has 26 heteroatoms. The van der Waals surface area contributed by atoms with Crippen LogP contribution < -0.4 is 10.6 Å². The standard InChI is InChI=1S/C27H37BrN2O7S.C27H35BrN2O6S.C7H2Cl4O/c1-17(13-19(3)31)9-7-12-24(32)36-21(14-18(2)28)15-23-29-20(16-38-23)10-8-11-22(25(33)34)30-26(35)37-27(4,5)6;1-17-9-7-12-24(31)35-21(14-18(2)28)15-23-29-20(16-37-23)10-8-11-22(25(32)34-19(3)13-17)30-26(33)36-27(4,5)6;8-3-1-4(9)6(7(11)12)5(10)2-3/h9,14,16,19,21-22,31H,8,10-11,13,15H2,1-6H3,(H,30,35)(H,33,34);9,14,16,19,21-22H,8,10-11,13,15H2,1-6H3,(H,30,33);1-2H/b2*17-9+,18-14+;/t2*19-,21+,22+;/m00./s1. The molecular weight excluding hydrogens is 1380 g/mol.